The molecule has 6 heteroatoms. The van der Waals surface area contributed by atoms with Crippen molar-refractivity contribution in [2.45, 2.75) is 71.8 Å². The molecule has 0 bridgehead atoms. The highest BCUT2D eigenvalue weighted by Gasteiger charge is 2.50. The van der Waals surface area contributed by atoms with Crippen molar-refractivity contribution in [1.82, 2.24) is 5.32 Å². The highest BCUT2D eigenvalue weighted by atomic mass is 16.7. The highest BCUT2D eigenvalue weighted by molar-refractivity contribution is 6.24. The number of benzene rings is 1. The molecule has 1 spiro atoms. The summed E-state index contributed by atoms with van der Waals surface area (Å²) >= 11 is 0. The second-order valence-corrected chi connectivity index (χ2v) is 8.32. The molecule has 1 aliphatic carbocycles. The van der Waals surface area contributed by atoms with Crippen molar-refractivity contribution in [2.75, 3.05) is 13.2 Å². The highest BCUT2D eigenvalue weighted by Crippen LogP contribution is 2.46. The van der Waals surface area contributed by atoms with Gasteiger partial charge in [-0.2, -0.15) is 0 Å². The quantitative estimate of drug-likeness (QED) is 0.685. The van der Waals surface area contributed by atoms with E-state index in [1.54, 1.807) is 6.92 Å². The summed E-state index contributed by atoms with van der Waals surface area (Å²) in [6.45, 7) is 8.25. The number of ether oxygens (including phenoxy) is 2. The summed E-state index contributed by atoms with van der Waals surface area (Å²) in [5, 5.41) is 12.7. The molecule has 1 fully saturated rings. The molecule has 1 aliphatic heterocycles. The van der Waals surface area contributed by atoms with Gasteiger partial charge >= 0.3 is 6.16 Å². The molecule has 0 aromatic heterocycles. The summed E-state index contributed by atoms with van der Waals surface area (Å²) in [5.41, 5.74) is 3.90. The lowest BCUT2D eigenvalue weighted by molar-refractivity contribution is -0.116. The number of aliphatic hydroxyl groups excluding tert-OH is 1. The Hall–Kier alpha value is -2.34. The molecule has 2 aliphatic rings. The van der Waals surface area contributed by atoms with Gasteiger partial charge in [0.25, 0.3) is 5.91 Å². The smallest absolute Gasteiger partial charge is 0.434 e. The lowest BCUT2D eigenvalue weighted by Gasteiger charge is -2.37. The molecule has 0 atom stereocenters. The Morgan fingerprint density at radius 3 is 2.27 bits per heavy atom. The van der Waals surface area contributed by atoms with Crippen molar-refractivity contribution in [2.24, 2.45) is 5.92 Å². The van der Waals surface area contributed by atoms with Crippen LogP contribution in [0.4, 0.5) is 4.79 Å². The zero-order valence-electron chi connectivity index (χ0n) is 18.5. The second-order valence-electron chi connectivity index (χ2n) is 8.32. The Bertz CT molecular complexity index is 824. The summed E-state index contributed by atoms with van der Waals surface area (Å²) < 4.78 is 10.8. The third-order valence-electron chi connectivity index (χ3n) is 6.36. The maximum Gasteiger partial charge on any atom is 0.513 e. The van der Waals surface area contributed by atoms with Gasteiger partial charge in [-0.25, -0.2) is 4.79 Å². The molecule has 0 saturated heterocycles. The zero-order valence-corrected chi connectivity index (χ0v) is 18.5. The number of carbonyl (C=O) groups is 2. The first-order valence-electron chi connectivity index (χ1n) is 11.0. The van der Waals surface area contributed by atoms with Gasteiger partial charge in [-0.15, -0.1) is 0 Å². The average Bonchev–Trinajstić information content (AvgIpc) is 2.98. The van der Waals surface area contributed by atoms with E-state index >= 15 is 0 Å². The molecular weight excluding hydrogens is 382 g/mol. The van der Waals surface area contributed by atoms with Crippen molar-refractivity contribution >= 4 is 17.6 Å². The minimum atomic E-state index is -0.784. The predicted octanol–water partition coefficient (Wildman–Crippen LogP) is 4.06. The number of amides is 1. The van der Waals surface area contributed by atoms with Crippen LogP contribution in [0.1, 0.15) is 68.7 Å². The molecule has 1 heterocycles. The lowest BCUT2D eigenvalue weighted by Crippen LogP contribution is -2.48. The van der Waals surface area contributed by atoms with Gasteiger partial charge < -0.3 is 19.9 Å². The SMILES string of the molecule is CCOC(=O)OC1=C(c2c(CC)cc(C)cc2CC)C(=O)NC12CCC(CO)CC2. The molecule has 164 valence electrons. The molecule has 30 heavy (non-hydrogen) atoms. The molecule has 1 aromatic rings. The topological polar surface area (TPSA) is 84.9 Å². The fourth-order valence-electron chi connectivity index (χ4n) is 4.81. The number of rotatable bonds is 6. The molecule has 6 nitrogen and oxygen atoms in total. The Kier molecular flexibility index (Phi) is 6.86. The van der Waals surface area contributed by atoms with Crippen LogP contribution >= 0.6 is 0 Å². The minimum Gasteiger partial charge on any atom is -0.434 e. The van der Waals surface area contributed by atoms with E-state index in [1.165, 1.54) is 0 Å². The Labute approximate surface area is 178 Å². The number of hydrogen-bond donors (Lipinski definition) is 2. The molecular formula is C24H33NO5. The van der Waals surface area contributed by atoms with Gasteiger partial charge in [0.15, 0.2) is 0 Å². The van der Waals surface area contributed by atoms with Gasteiger partial charge in [0.2, 0.25) is 0 Å². The first kappa shape index (κ1) is 22.3. The summed E-state index contributed by atoms with van der Waals surface area (Å²) in [7, 11) is 0. The van der Waals surface area contributed by atoms with E-state index in [4.69, 9.17) is 9.47 Å². The van der Waals surface area contributed by atoms with Crippen LogP contribution in [0.15, 0.2) is 17.9 Å². The molecule has 1 amide bonds. The maximum atomic E-state index is 13.3. The number of aliphatic hydroxyl groups is 1. The average molecular weight is 416 g/mol. The minimum absolute atomic E-state index is 0.132. The van der Waals surface area contributed by atoms with Crippen molar-refractivity contribution in [1.29, 1.82) is 0 Å². The number of nitrogens with one attached hydrogen (secondary N) is 1. The first-order valence-corrected chi connectivity index (χ1v) is 11.0. The number of hydrogen-bond acceptors (Lipinski definition) is 5. The van der Waals surface area contributed by atoms with Gasteiger partial charge in [-0.1, -0.05) is 31.5 Å². The summed E-state index contributed by atoms with van der Waals surface area (Å²) in [4.78, 5) is 25.7. The summed E-state index contributed by atoms with van der Waals surface area (Å²) in [5.74, 6) is 0.387. The standard InChI is InChI=1S/C24H33NO5/c1-5-17-12-15(4)13-18(6-2)19(17)20-21(30-23(28)29-7-3)24(25-22(20)27)10-8-16(14-26)9-11-24/h12-13,16,26H,5-11,14H2,1-4H3,(H,25,27). The number of aryl methyl sites for hydroxylation is 3. The Morgan fingerprint density at radius 2 is 1.77 bits per heavy atom. The van der Waals surface area contributed by atoms with E-state index in [-0.39, 0.29) is 25.0 Å². The van der Waals surface area contributed by atoms with E-state index in [9.17, 15) is 14.7 Å². The van der Waals surface area contributed by atoms with Crippen molar-refractivity contribution in [3.8, 4) is 0 Å². The first-order chi connectivity index (χ1) is 14.4. The zero-order chi connectivity index (χ0) is 21.9. The van der Waals surface area contributed by atoms with Crippen LogP contribution in [0.2, 0.25) is 0 Å². The fourth-order valence-corrected chi connectivity index (χ4v) is 4.81. The van der Waals surface area contributed by atoms with E-state index in [2.05, 4.69) is 38.2 Å². The number of carbonyl (C=O) groups excluding carboxylic acids is 2. The summed E-state index contributed by atoms with van der Waals surface area (Å²) in [6, 6.07) is 4.20. The second kappa shape index (κ2) is 9.21. The van der Waals surface area contributed by atoms with Crippen LogP contribution in [-0.4, -0.2) is 35.9 Å². The molecule has 0 unspecified atom stereocenters. The van der Waals surface area contributed by atoms with Gasteiger partial charge in [0.05, 0.1) is 17.7 Å². The third-order valence-corrected chi connectivity index (χ3v) is 6.36. The third kappa shape index (κ3) is 4.10. The van der Waals surface area contributed by atoms with Crippen molar-refractivity contribution in [3.05, 3.63) is 40.1 Å². The van der Waals surface area contributed by atoms with E-state index in [1.807, 2.05) is 0 Å². The largest absolute Gasteiger partial charge is 0.513 e. The van der Waals surface area contributed by atoms with Crippen LogP contribution in [0.3, 0.4) is 0 Å². The van der Waals surface area contributed by atoms with Crippen LogP contribution < -0.4 is 5.32 Å². The molecule has 2 N–H and O–H groups in total. The molecule has 3 rings (SSSR count). The Morgan fingerprint density at radius 1 is 1.17 bits per heavy atom. The van der Waals surface area contributed by atoms with E-state index in [0.717, 1.165) is 47.9 Å². The van der Waals surface area contributed by atoms with Crippen molar-refractivity contribution in [3.63, 3.8) is 0 Å². The van der Waals surface area contributed by atoms with Crippen LogP contribution in [0.25, 0.3) is 5.57 Å². The molecule has 1 aromatic carbocycles. The van der Waals surface area contributed by atoms with Gasteiger partial charge in [-0.05, 0) is 75.0 Å². The maximum absolute atomic E-state index is 13.3. The monoisotopic (exact) mass is 415 g/mol. The van der Waals surface area contributed by atoms with Gasteiger partial charge in [0.1, 0.15) is 5.76 Å². The summed E-state index contributed by atoms with van der Waals surface area (Å²) in [6.07, 6.45) is 3.52. The van der Waals surface area contributed by atoms with Gasteiger partial charge in [0, 0.05) is 6.61 Å². The Balaban J connectivity index is 2.18. The van der Waals surface area contributed by atoms with Crippen molar-refractivity contribution < 1.29 is 24.2 Å². The molecule has 1 saturated carbocycles. The predicted molar refractivity (Wildman–Crippen MR) is 115 cm³/mol. The normalized spacial score (nSPS) is 23.6. The van der Waals surface area contributed by atoms with Crippen LogP contribution in [-0.2, 0) is 27.1 Å². The van der Waals surface area contributed by atoms with Gasteiger partial charge in [-0.3, -0.25) is 4.79 Å². The van der Waals surface area contributed by atoms with Crippen LogP contribution in [0.5, 0.6) is 0 Å². The lowest BCUT2D eigenvalue weighted by atomic mass is 9.75. The van der Waals surface area contributed by atoms with E-state index in [0.29, 0.717) is 24.2 Å². The van der Waals surface area contributed by atoms with E-state index < -0.39 is 11.7 Å². The van der Waals surface area contributed by atoms with Crippen LogP contribution in [0, 0.1) is 12.8 Å². The molecule has 0 radical (unpaired) electrons. The fraction of sp³-hybridized carbons (Fsp3) is 0.583.